The number of phenolic OH excluding ortho intramolecular Hbond substituents is 2. The maximum Gasteiger partial charge on any atom is 0.251 e. The average Bonchev–Trinajstić information content (AvgIpc) is 3.70. The monoisotopic (exact) mass is 940 g/mol. The van der Waals surface area contributed by atoms with Gasteiger partial charge in [0.15, 0.2) is 0 Å². The summed E-state index contributed by atoms with van der Waals surface area (Å²) >= 11 is 6.05. The van der Waals surface area contributed by atoms with E-state index in [1.807, 2.05) is 12.1 Å². The Morgan fingerprint density at radius 1 is 0.881 bits per heavy atom. The number of likely N-dealkylation sites (tertiary alicyclic amines) is 1. The van der Waals surface area contributed by atoms with Gasteiger partial charge >= 0.3 is 0 Å². The first-order chi connectivity index (χ1) is 31.9. The topological polar surface area (TPSA) is 267 Å². The molecule has 67 heavy (non-hydrogen) atoms. The lowest BCUT2D eigenvalue weighted by molar-refractivity contribution is -0.142. The number of alkyl halides is 1. The highest BCUT2D eigenvalue weighted by Gasteiger charge is 2.41. The Labute approximate surface area is 391 Å². The van der Waals surface area contributed by atoms with E-state index in [9.17, 15) is 48.2 Å². The number of fused-ring (bicyclic) bond motifs is 5. The molecule has 0 spiro atoms. The predicted molar refractivity (Wildman–Crippen MR) is 247 cm³/mol. The second-order valence-corrected chi connectivity index (χ2v) is 17.3. The number of amides is 7. The van der Waals surface area contributed by atoms with Crippen molar-refractivity contribution in [1.82, 2.24) is 31.1 Å². The molecular weight excluding hydrogens is 887 g/mol. The van der Waals surface area contributed by atoms with E-state index < -0.39 is 90.3 Å². The fourth-order valence-electron chi connectivity index (χ4n) is 8.26. The summed E-state index contributed by atoms with van der Waals surface area (Å²) < 4.78 is 14.3. The highest BCUT2D eigenvalue weighted by molar-refractivity contribution is 6.30. The third-order valence-corrected chi connectivity index (χ3v) is 12.2. The van der Waals surface area contributed by atoms with E-state index in [0.29, 0.717) is 30.0 Å². The molecule has 10 N–H and O–H groups in total. The number of nitrogens with two attached hydrogens (primary N) is 2. The molecule has 19 heteroatoms. The number of likely N-dealkylation sites (N-methyl/N-ethyl adjacent to an activating group) is 1. The zero-order valence-corrected chi connectivity index (χ0v) is 37.9. The molecule has 4 aromatic rings. The van der Waals surface area contributed by atoms with E-state index >= 15 is 0 Å². The number of halogens is 2. The van der Waals surface area contributed by atoms with Gasteiger partial charge in [0.1, 0.15) is 53.9 Å². The smallest absolute Gasteiger partial charge is 0.251 e. The maximum atomic E-state index is 14.6. The largest absolute Gasteiger partial charge is 0.507 e. The number of nitrogens with zero attached hydrogens (tertiary/aromatic N) is 2. The van der Waals surface area contributed by atoms with E-state index in [4.69, 9.17) is 23.1 Å². The van der Waals surface area contributed by atoms with Crippen molar-refractivity contribution in [1.29, 1.82) is 0 Å². The first-order valence-electron chi connectivity index (χ1n) is 21.8. The van der Waals surface area contributed by atoms with Crippen molar-refractivity contribution in [2.45, 2.75) is 88.4 Å². The van der Waals surface area contributed by atoms with E-state index in [1.54, 1.807) is 36.4 Å². The van der Waals surface area contributed by atoms with E-state index in [-0.39, 0.29) is 53.0 Å². The van der Waals surface area contributed by atoms with Gasteiger partial charge in [-0.3, -0.25) is 33.6 Å². The zero-order chi connectivity index (χ0) is 48.7. The predicted octanol–water partition coefficient (Wildman–Crippen LogP) is 2.99. The second kappa shape index (κ2) is 21.5. The molecule has 4 bridgehead atoms. The fraction of sp³-hybridized carbons (Fsp3) is 0.354. The molecule has 0 saturated carbocycles. The number of phenols is 2. The molecule has 0 aromatic heterocycles. The van der Waals surface area contributed by atoms with Crippen molar-refractivity contribution in [3.8, 4) is 33.8 Å². The van der Waals surface area contributed by atoms with Crippen molar-refractivity contribution in [2.75, 3.05) is 20.1 Å². The van der Waals surface area contributed by atoms with Gasteiger partial charge in [0, 0.05) is 41.6 Å². The Hall–Kier alpha value is -7.05. The zero-order valence-electron chi connectivity index (χ0n) is 37.1. The van der Waals surface area contributed by atoms with Crippen LogP contribution in [0.1, 0.15) is 67.1 Å². The third kappa shape index (κ3) is 11.7. The Bertz CT molecular complexity index is 2530. The molecule has 1 fully saturated rings. The number of benzene rings is 4. The van der Waals surface area contributed by atoms with Gasteiger partial charge in [-0.25, -0.2) is 4.39 Å². The van der Waals surface area contributed by atoms with Gasteiger partial charge in [0.25, 0.3) is 5.91 Å². The normalized spacial score (nSPS) is 20.3. The lowest BCUT2D eigenvalue weighted by Crippen LogP contribution is -2.58. The summed E-state index contributed by atoms with van der Waals surface area (Å²) in [7, 11) is 1.36. The molecule has 6 rings (SSSR count). The van der Waals surface area contributed by atoms with Crippen LogP contribution < -0.4 is 32.7 Å². The van der Waals surface area contributed by atoms with Crippen LogP contribution in [-0.4, -0.2) is 118 Å². The minimum absolute atomic E-state index is 0.0560. The molecule has 2 aliphatic heterocycles. The first kappa shape index (κ1) is 49.4. The number of carbonyl (C=O) groups is 7. The van der Waals surface area contributed by atoms with Gasteiger partial charge in [0.05, 0.1) is 6.54 Å². The molecule has 7 unspecified atom stereocenters. The average molecular weight is 941 g/mol. The SMILES string of the molecule is CC1NC(=O)C(N(C)C(=O)C(CCCCN)NC(=O)c2ccc(-c3ccc(Cl)cc3)cc2)c2ccc(O)c(c2)-c2cc(ccc2O)CC(C(=O)NC(C)C(=O)N2CC(F)CC2C(N)=O)NC1=O. The summed E-state index contributed by atoms with van der Waals surface area (Å²) in [6.07, 6.45) is -0.879. The number of hydrogen-bond acceptors (Lipinski definition) is 10. The summed E-state index contributed by atoms with van der Waals surface area (Å²) in [5.41, 5.74) is 13.9. The van der Waals surface area contributed by atoms with Gasteiger partial charge in [-0.05, 0) is 110 Å². The Kier molecular flexibility index (Phi) is 15.8. The molecule has 0 aliphatic carbocycles. The molecule has 354 valence electrons. The van der Waals surface area contributed by atoms with E-state index in [2.05, 4.69) is 21.3 Å². The van der Waals surface area contributed by atoms with Crippen LogP contribution in [0.15, 0.2) is 84.9 Å². The lowest BCUT2D eigenvalue weighted by atomic mass is 9.93. The van der Waals surface area contributed by atoms with Gasteiger partial charge in [-0.1, -0.05) is 48.0 Å². The van der Waals surface area contributed by atoms with E-state index in [0.717, 1.165) is 20.9 Å². The number of unbranched alkanes of at least 4 members (excludes halogenated alkanes) is 1. The molecule has 17 nitrogen and oxygen atoms in total. The Morgan fingerprint density at radius 2 is 1.51 bits per heavy atom. The summed E-state index contributed by atoms with van der Waals surface area (Å²) in [4.78, 5) is 98.1. The lowest BCUT2D eigenvalue weighted by Gasteiger charge is -2.32. The summed E-state index contributed by atoms with van der Waals surface area (Å²) in [5, 5.41) is 33.5. The minimum Gasteiger partial charge on any atom is -0.507 e. The minimum atomic E-state index is -1.50. The number of hydrogen-bond donors (Lipinski definition) is 8. The summed E-state index contributed by atoms with van der Waals surface area (Å²) in [5.74, 6) is -6.03. The van der Waals surface area contributed by atoms with Gasteiger partial charge in [0.2, 0.25) is 35.4 Å². The molecular formula is C48H54ClFN8O9. The number of primary amides is 1. The molecule has 1 saturated heterocycles. The van der Waals surface area contributed by atoms with Gasteiger partial charge in [-0.2, -0.15) is 0 Å². The van der Waals surface area contributed by atoms with Crippen molar-refractivity contribution in [3.05, 3.63) is 107 Å². The second-order valence-electron chi connectivity index (χ2n) is 16.8. The fourth-order valence-corrected chi connectivity index (χ4v) is 8.39. The number of rotatable bonds is 13. The number of aromatic hydroxyl groups is 2. The standard InChI is InChI=1S/C48H54ClFN8O9/c1-25-43(62)56-37(45(64)54-26(2)47(66)58-24-33(50)23-38(58)42(52)61)21-27-7-17-39(59)34(20-27)35-22-31(14-18-40(35)60)41(46(65)53-25)57(3)48(67)36(6-4-5-19-51)55-44(63)30-10-8-28(9-11-30)29-12-15-32(49)16-13-29/h7-18,20,22,25-26,33,36-38,41,59-60H,4-6,19,21,23-24,51H2,1-3H3,(H2,52,61)(H,53,65)(H,54,64)(H,55,63)(H,56,62). The first-order valence-corrected chi connectivity index (χ1v) is 22.2. The van der Waals surface area contributed by atoms with Crippen LogP contribution in [-0.2, 0) is 35.2 Å². The molecule has 4 aromatic carbocycles. The summed E-state index contributed by atoms with van der Waals surface area (Å²) in [6.45, 7) is 2.61. The van der Waals surface area contributed by atoms with Crippen LogP contribution in [0.3, 0.4) is 0 Å². The maximum absolute atomic E-state index is 14.6. The highest BCUT2D eigenvalue weighted by atomic mass is 35.5. The van der Waals surface area contributed by atoms with Crippen LogP contribution >= 0.6 is 11.6 Å². The molecule has 2 aliphatic rings. The Morgan fingerprint density at radius 3 is 2.15 bits per heavy atom. The highest BCUT2D eigenvalue weighted by Crippen LogP contribution is 2.39. The molecule has 0 radical (unpaired) electrons. The van der Waals surface area contributed by atoms with E-state index in [1.165, 1.54) is 57.3 Å². The van der Waals surface area contributed by atoms with Crippen LogP contribution in [0.2, 0.25) is 5.02 Å². The number of nitrogens with one attached hydrogen (secondary N) is 4. The van der Waals surface area contributed by atoms with Crippen molar-refractivity contribution < 1.29 is 48.2 Å². The number of carbonyl (C=O) groups excluding carboxylic acids is 7. The van der Waals surface area contributed by atoms with Crippen LogP contribution in [0.5, 0.6) is 11.5 Å². The van der Waals surface area contributed by atoms with Gasteiger partial charge in [-0.15, -0.1) is 0 Å². The van der Waals surface area contributed by atoms with Gasteiger partial charge < -0.3 is 52.7 Å². The van der Waals surface area contributed by atoms with Crippen LogP contribution in [0.4, 0.5) is 4.39 Å². The quantitative estimate of drug-likeness (QED) is 0.0909. The summed E-state index contributed by atoms with van der Waals surface area (Å²) in [6, 6.07) is 14.5. The third-order valence-electron chi connectivity index (χ3n) is 12.0. The molecule has 7 atom stereocenters. The van der Waals surface area contributed by atoms with Crippen molar-refractivity contribution >= 4 is 53.0 Å². The van der Waals surface area contributed by atoms with Crippen LogP contribution in [0.25, 0.3) is 22.3 Å². The molecule has 7 amide bonds. The van der Waals surface area contributed by atoms with Crippen molar-refractivity contribution in [3.63, 3.8) is 0 Å². The Balaban J connectivity index is 1.29. The van der Waals surface area contributed by atoms with Crippen LogP contribution in [0, 0.1) is 0 Å². The molecule has 2 heterocycles. The van der Waals surface area contributed by atoms with Crippen molar-refractivity contribution in [2.24, 2.45) is 11.5 Å².